The highest BCUT2D eigenvalue weighted by atomic mass is 16.5. The van der Waals surface area contributed by atoms with Gasteiger partial charge in [0.05, 0.1) is 0 Å². The van der Waals surface area contributed by atoms with Crippen LogP contribution in [0, 0.1) is 0 Å². The summed E-state index contributed by atoms with van der Waals surface area (Å²) in [4.78, 5) is 23.6. The van der Waals surface area contributed by atoms with Crippen molar-refractivity contribution in [1.29, 1.82) is 0 Å². The number of nitrogens with one attached hydrogen (secondary N) is 2. The average Bonchev–Trinajstić information content (AvgIpc) is 3.16. The number of imide groups is 1. The van der Waals surface area contributed by atoms with Gasteiger partial charge in [-0.05, 0) is 37.1 Å². The Bertz CT molecular complexity index is 694. The third-order valence-electron chi connectivity index (χ3n) is 4.02. The molecular formula is C17H20N4O4. The number of amides is 3. The summed E-state index contributed by atoms with van der Waals surface area (Å²) in [7, 11) is 0. The van der Waals surface area contributed by atoms with Gasteiger partial charge in [-0.25, -0.2) is 4.79 Å². The lowest BCUT2D eigenvalue weighted by Gasteiger charge is -2.22. The van der Waals surface area contributed by atoms with Crippen molar-refractivity contribution in [3.8, 4) is 17.2 Å². The van der Waals surface area contributed by atoms with Crippen LogP contribution in [0.4, 0.5) is 4.79 Å². The minimum Gasteiger partial charge on any atom is -0.484 e. The number of ether oxygens (including phenoxy) is 1. The van der Waals surface area contributed by atoms with E-state index in [0.29, 0.717) is 11.6 Å². The third-order valence-corrected chi connectivity index (χ3v) is 4.02. The molecule has 0 unspecified atom stereocenters. The first-order chi connectivity index (χ1) is 12.2. The molecule has 0 atom stereocenters. The number of nitrogens with zero attached hydrogens (tertiary/aromatic N) is 2. The van der Waals surface area contributed by atoms with Gasteiger partial charge < -0.3 is 14.5 Å². The van der Waals surface area contributed by atoms with E-state index in [4.69, 9.17) is 9.15 Å². The Kier molecular flexibility index (Phi) is 5.61. The second kappa shape index (κ2) is 8.27. The van der Waals surface area contributed by atoms with Crippen molar-refractivity contribution in [2.24, 2.45) is 0 Å². The Morgan fingerprint density at radius 3 is 2.60 bits per heavy atom. The standard InChI is InChI=1S/C17H20N4O4/c22-15(20-17(23)19-13-4-2-1-3-5-13)10-24-14-8-6-12(7-9-14)16-21-18-11-25-16/h6-9,11,13H,1-5,10H2,(H2,19,20,22,23). The minimum atomic E-state index is -0.491. The normalized spacial score (nSPS) is 14.7. The summed E-state index contributed by atoms with van der Waals surface area (Å²) >= 11 is 0. The van der Waals surface area contributed by atoms with Gasteiger partial charge in [0, 0.05) is 11.6 Å². The number of rotatable bonds is 5. The van der Waals surface area contributed by atoms with Crippen LogP contribution < -0.4 is 15.4 Å². The molecule has 0 aliphatic heterocycles. The number of urea groups is 1. The first-order valence-corrected chi connectivity index (χ1v) is 8.30. The lowest BCUT2D eigenvalue weighted by Crippen LogP contribution is -2.46. The second-order valence-corrected chi connectivity index (χ2v) is 5.91. The lowest BCUT2D eigenvalue weighted by atomic mass is 9.96. The SMILES string of the molecule is O=C(COc1ccc(-c2nnco2)cc1)NC(=O)NC1CCCCC1. The zero-order chi connectivity index (χ0) is 17.5. The van der Waals surface area contributed by atoms with Crippen molar-refractivity contribution in [3.05, 3.63) is 30.7 Å². The maximum absolute atomic E-state index is 11.8. The van der Waals surface area contributed by atoms with Crippen molar-refractivity contribution < 1.29 is 18.7 Å². The molecule has 2 N–H and O–H groups in total. The van der Waals surface area contributed by atoms with Crippen LogP contribution in [-0.4, -0.2) is 34.8 Å². The average molecular weight is 344 g/mol. The molecule has 1 saturated carbocycles. The fourth-order valence-electron chi connectivity index (χ4n) is 2.77. The van der Waals surface area contributed by atoms with Gasteiger partial charge in [-0.15, -0.1) is 10.2 Å². The van der Waals surface area contributed by atoms with E-state index in [1.807, 2.05) is 0 Å². The zero-order valence-electron chi connectivity index (χ0n) is 13.7. The van der Waals surface area contributed by atoms with Crippen LogP contribution in [0.15, 0.2) is 35.1 Å². The van der Waals surface area contributed by atoms with Crippen LogP contribution in [0.2, 0.25) is 0 Å². The van der Waals surface area contributed by atoms with Crippen LogP contribution in [0.5, 0.6) is 5.75 Å². The molecule has 1 aliphatic rings. The molecule has 1 aromatic heterocycles. The van der Waals surface area contributed by atoms with Gasteiger partial charge in [-0.1, -0.05) is 19.3 Å². The predicted octanol–water partition coefficient (Wildman–Crippen LogP) is 2.27. The fourth-order valence-corrected chi connectivity index (χ4v) is 2.77. The highest BCUT2D eigenvalue weighted by Crippen LogP contribution is 2.20. The van der Waals surface area contributed by atoms with Crippen LogP contribution in [-0.2, 0) is 4.79 Å². The van der Waals surface area contributed by atoms with Crippen molar-refractivity contribution in [2.75, 3.05) is 6.61 Å². The molecule has 3 amide bonds. The van der Waals surface area contributed by atoms with Crippen LogP contribution in [0.25, 0.3) is 11.5 Å². The highest BCUT2D eigenvalue weighted by molar-refractivity contribution is 5.95. The molecule has 3 rings (SSSR count). The summed E-state index contributed by atoms with van der Waals surface area (Å²) in [6, 6.07) is 6.56. The maximum atomic E-state index is 11.8. The van der Waals surface area contributed by atoms with E-state index in [-0.39, 0.29) is 12.6 Å². The van der Waals surface area contributed by atoms with E-state index in [0.717, 1.165) is 31.2 Å². The molecular weight excluding hydrogens is 324 g/mol. The Labute approximate surface area is 145 Å². The summed E-state index contributed by atoms with van der Waals surface area (Å²) in [5.41, 5.74) is 0.751. The largest absolute Gasteiger partial charge is 0.484 e. The number of benzene rings is 1. The molecule has 0 bridgehead atoms. The number of aromatic nitrogens is 2. The summed E-state index contributed by atoms with van der Waals surface area (Å²) in [6.07, 6.45) is 6.61. The van der Waals surface area contributed by atoms with Crippen LogP contribution >= 0.6 is 0 Å². The molecule has 0 radical (unpaired) electrons. The van der Waals surface area contributed by atoms with E-state index in [1.54, 1.807) is 24.3 Å². The molecule has 2 aromatic rings. The summed E-state index contributed by atoms with van der Waals surface area (Å²) < 4.78 is 10.5. The number of carbonyl (C=O) groups is 2. The number of hydrogen-bond acceptors (Lipinski definition) is 6. The first-order valence-electron chi connectivity index (χ1n) is 8.30. The topological polar surface area (TPSA) is 106 Å². The monoisotopic (exact) mass is 344 g/mol. The highest BCUT2D eigenvalue weighted by Gasteiger charge is 2.17. The first kappa shape index (κ1) is 16.9. The molecule has 132 valence electrons. The van der Waals surface area contributed by atoms with Crippen molar-refractivity contribution in [2.45, 2.75) is 38.1 Å². The molecule has 8 nitrogen and oxygen atoms in total. The van der Waals surface area contributed by atoms with Crippen molar-refractivity contribution in [1.82, 2.24) is 20.8 Å². The molecule has 0 spiro atoms. The summed E-state index contributed by atoms with van der Waals surface area (Å²) in [6.45, 7) is -0.238. The van der Waals surface area contributed by atoms with E-state index < -0.39 is 11.9 Å². The number of hydrogen-bond donors (Lipinski definition) is 2. The molecule has 1 aliphatic carbocycles. The molecule has 8 heteroatoms. The Balaban J connectivity index is 1.41. The van der Waals surface area contributed by atoms with E-state index in [9.17, 15) is 9.59 Å². The van der Waals surface area contributed by atoms with Gasteiger partial charge in [-0.3, -0.25) is 10.1 Å². The Morgan fingerprint density at radius 2 is 1.92 bits per heavy atom. The van der Waals surface area contributed by atoms with Gasteiger partial charge in [0.25, 0.3) is 5.91 Å². The zero-order valence-corrected chi connectivity index (χ0v) is 13.7. The number of carbonyl (C=O) groups excluding carboxylic acids is 2. The summed E-state index contributed by atoms with van der Waals surface area (Å²) in [5, 5.41) is 12.5. The molecule has 1 aromatic carbocycles. The van der Waals surface area contributed by atoms with Crippen LogP contribution in [0.3, 0.4) is 0 Å². The predicted molar refractivity (Wildman–Crippen MR) is 88.8 cm³/mol. The van der Waals surface area contributed by atoms with Crippen molar-refractivity contribution in [3.63, 3.8) is 0 Å². The van der Waals surface area contributed by atoms with Gasteiger partial charge in [0.15, 0.2) is 6.61 Å². The van der Waals surface area contributed by atoms with Gasteiger partial charge in [-0.2, -0.15) is 0 Å². The van der Waals surface area contributed by atoms with E-state index in [1.165, 1.54) is 12.8 Å². The van der Waals surface area contributed by atoms with E-state index in [2.05, 4.69) is 20.8 Å². The minimum absolute atomic E-state index is 0.153. The van der Waals surface area contributed by atoms with Gasteiger partial charge >= 0.3 is 6.03 Å². The van der Waals surface area contributed by atoms with Crippen molar-refractivity contribution >= 4 is 11.9 Å². The third kappa shape index (κ3) is 5.03. The smallest absolute Gasteiger partial charge is 0.321 e. The Hall–Kier alpha value is -2.90. The second-order valence-electron chi connectivity index (χ2n) is 5.91. The molecule has 1 heterocycles. The quantitative estimate of drug-likeness (QED) is 0.862. The Morgan fingerprint density at radius 1 is 1.16 bits per heavy atom. The van der Waals surface area contributed by atoms with Crippen LogP contribution in [0.1, 0.15) is 32.1 Å². The van der Waals surface area contributed by atoms with Gasteiger partial charge in [0.2, 0.25) is 12.3 Å². The van der Waals surface area contributed by atoms with E-state index >= 15 is 0 Å². The molecule has 25 heavy (non-hydrogen) atoms. The van der Waals surface area contributed by atoms with Gasteiger partial charge in [0.1, 0.15) is 5.75 Å². The maximum Gasteiger partial charge on any atom is 0.321 e. The lowest BCUT2D eigenvalue weighted by molar-refractivity contribution is -0.122. The molecule has 1 fully saturated rings. The molecule has 0 saturated heterocycles. The summed E-state index contributed by atoms with van der Waals surface area (Å²) in [5.74, 6) is 0.420. The fraction of sp³-hybridized carbons (Fsp3) is 0.412.